The van der Waals surface area contributed by atoms with E-state index < -0.39 is 0 Å². The second-order valence-electron chi connectivity index (χ2n) is 6.26. The van der Waals surface area contributed by atoms with Gasteiger partial charge in [0.1, 0.15) is 6.54 Å². The first-order valence-electron chi connectivity index (χ1n) is 8.58. The summed E-state index contributed by atoms with van der Waals surface area (Å²) in [5.41, 5.74) is 0.852. The lowest BCUT2D eigenvalue weighted by molar-refractivity contribution is -0.121. The maximum Gasteiger partial charge on any atom is 0.275 e. The molecule has 0 spiro atoms. The molecule has 2 aromatic carbocycles. The van der Waals surface area contributed by atoms with Crippen molar-refractivity contribution in [2.45, 2.75) is 13.1 Å². The van der Waals surface area contributed by atoms with Crippen LogP contribution >= 0.6 is 15.9 Å². The van der Waals surface area contributed by atoms with Crippen LogP contribution in [0.3, 0.4) is 0 Å². The Kier molecular flexibility index (Phi) is 4.77. The molecule has 0 fully saturated rings. The lowest BCUT2D eigenvalue weighted by atomic mass is 10.2. The van der Waals surface area contributed by atoms with Crippen LogP contribution < -0.4 is 10.9 Å². The number of benzene rings is 2. The van der Waals surface area contributed by atoms with E-state index in [1.807, 2.05) is 36.5 Å². The SMILES string of the molecule is O=C(Cn1ncc2ccccc2c1=O)NCCn1ccc2cc(Br)ccc21. The molecule has 27 heavy (non-hydrogen) atoms. The molecule has 0 aliphatic carbocycles. The van der Waals surface area contributed by atoms with E-state index in [4.69, 9.17) is 0 Å². The number of nitrogens with zero attached hydrogens (tertiary/aromatic N) is 3. The highest BCUT2D eigenvalue weighted by Crippen LogP contribution is 2.20. The van der Waals surface area contributed by atoms with Crippen molar-refractivity contribution in [3.8, 4) is 0 Å². The fourth-order valence-electron chi connectivity index (χ4n) is 3.11. The van der Waals surface area contributed by atoms with E-state index in [2.05, 4.69) is 37.0 Å². The van der Waals surface area contributed by atoms with Gasteiger partial charge in [-0.3, -0.25) is 9.59 Å². The number of fused-ring (bicyclic) bond motifs is 2. The van der Waals surface area contributed by atoms with Gasteiger partial charge in [-0.15, -0.1) is 0 Å². The third-order valence-corrected chi connectivity index (χ3v) is 4.96. The van der Waals surface area contributed by atoms with Crippen LogP contribution in [0.4, 0.5) is 0 Å². The minimum absolute atomic E-state index is 0.0942. The number of carbonyl (C=O) groups is 1. The first kappa shape index (κ1) is 17.5. The van der Waals surface area contributed by atoms with Crippen molar-refractivity contribution in [2.75, 3.05) is 6.54 Å². The summed E-state index contributed by atoms with van der Waals surface area (Å²) >= 11 is 3.47. The number of aromatic nitrogens is 3. The van der Waals surface area contributed by atoms with Gasteiger partial charge in [-0.05, 0) is 30.3 Å². The summed E-state index contributed by atoms with van der Waals surface area (Å²) < 4.78 is 4.32. The molecule has 4 aromatic rings. The fraction of sp³-hybridized carbons (Fsp3) is 0.150. The van der Waals surface area contributed by atoms with Crippen LogP contribution in [0.15, 0.2) is 70.2 Å². The van der Waals surface area contributed by atoms with Gasteiger partial charge in [0.05, 0.1) is 11.6 Å². The minimum atomic E-state index is -0.259. The van der Waals surface area contributed by atoms with Gasteiger partial charge in [0.25, 0.3) is 5.56 Å². The average molecular weight is 425 g/mol. The van der Waals surface area contributed by atoms with E-state index in [1.165, 1.54) is 4.68 Å². The molecule has 0 radical (unpaired) electrons. The first-order chi connectivity index (χ1) is 13.1. The molecule has 0 saturated heterocycles. The van der Waals surface area contributed by atoms with Crippen LogP contribution in [0.2, 0.25) is 0 Å². The molecular weight excluding hydrogens is 408 g/mol. The molecule has 2 aromatic heterocycles. The number of halogens is 1. The van der Waals surface area contributed by atoms with Crippen LogP contribution in [0.5, 0.6) is 0 Å². The molecule has 7 heteroatoms. The summed E-state index contributed by atoms with van der Waals surface area (Å²) in [5, 5.41) is 9.41. The Morgan fingerprint density at radius 1 is 1.11 bits per heavy atom. The van der Waals surface area contributed by atoms with Crippen molar-refractivity contribution in [1.29, 1.82) is 0 Å². The van der Waals surface area contributed by atoms with Crippen molar-refractivity contribution < 1.29 is 4.79 Å². The van der Waals surface area contributed by atoms with Crippen molar-refractivity contribution in [1.82, 2.24) is 19.7 Å². The number of rotatable bonds is 5. The van der Waals surface area contributed by atoms with Gasteiger partial charge in [0, 0.05) is 40.0 Å². The normalized spacial score (nSPS) is 11.1. The zero-order valence-corrected chi connectivity index (χ0v) is 16.0. The van der Waals surface area contributed by atoms with E-state index in [0.717, 1.165) is 20.8 Å². The highest BCUT2D eigenvalue weighted by atomic mass is 79.9. The zero-order chi connectivity index (χ0) is 18.8. The van der Waals surface area contributed by atoms with Crippen molar-refractivity contribution in [2.24, 2.45) is 0 Å². The molecule has 4 rings (SSSR count). The summed E-state index contributed by atoms with van der Waals surface area (Å²) in [4.78, 5) is 24.6. The lowest BCUT2D eigenvalue weighted by Gasteiger charge is -2.09. The number of amides is 1. The lowest BCUT2D eigenvalue weighted by Crippen LogP contribution is -2.35. The van der Waals surface area contributed by atoms with Gasteiger partial charge in [-0.25, -0.2) is 4.68 Å². The second-order valence-corrected chi connectivity index (χ2v) is 7.17. The Bertz CT molecular complexity index is 1200. The molecule has 2 heterocycles. The molecule has 0 aliphatic rings. The monoisotopic (exact) mass is 424 g/mol. The quantitative estimate of drug-likeness (QED) is 0.535. The minimum Gasteiger partial charge on any atom is -0.353 e. The Morgan fingerprint density at radius 2 is 1.96 bits per heavy atom. The smallest absolute Gasteiger partial charge is 0.275 e. The van der Waals surface area contributed by atoms with Gasteiger partial charge in [-0.1, -0.05) is 34.1 Å². The molecule has 1 amide bonds. The van der Waals surface area contributed by atoms with E-state index >= 15 is 0 Å². The van der Waals surface area contributed by atoms with Crippen LogP contribution in [-0.2, 0) is 17.9 Å². The second kappa shape index (κ2) is 7.36. The molecule has 6 nitrogen and oxygen atoms in total. The molecule has 0 unspecified atom stereocenters. The van der Waals surface area contributed by atoms with Crippen molar-refractivity contribution in [3.05, 3.63) is 75.8 Å². The Labute approximate surface area is 163 Å². The van der Waals surface area contributed by atoms with E-state index in [0.29, 0.717) is 18.5 Å². The van der Waals surface area contributed by atoms with Crippen molar-refractivity contribution in [3.63, 3.8) is 0 Å². The fourth-order valence-corrected chi connectivity index (χ4v) is 3.49. The molecular formula is C20H17BrN4O2. The Hall–Kier alpha value is -2.93. The maximum absolute atomic E-state index is 12.4. The summed E-state index contributed by atoms with van der Waals surface area (Å²) in [6, 6.07) is 15.4. The van der Waals surface area contributed by atoms with Gasteiger partial charge in [0.2, 0.25) is 5.91 Å². The predicted molar refractivity (Wildman–Crippen MR) is 109 cm³/mol. The predicted octanol–water partition coefficient (Wildman–Crippen LogP) is 2.93. The number of hydrogen-bond acceptors (Lipinski definition) is 3. The third kappa shape index (κ3) is 3.64. The topological polar surface area (TPSA) is 68.9 Å². The first-order valence-corrected chi connectivity index (χ1v) is 9.37. The summed E-state index contributed by atoms with van der Waals surface area (Å²) in [7, 11) is 0. The van der Waals surface area contributed by atoms with Gasteiger partial charge >= 0.3 is 0 Å². The van der Waals surface area contributed by atoms with Crippen LogP contribution in [-0.4, -0.2) is 26.8 Å². The van der Waals surface area contributed by atoms with Crippen LogP contribution in [0, 0.1) is 0 Å². The van der Waals surface area contributed by atoms with E-state index in [-0.39, 0.29) is 18.0 Å². The standard InChI is InChI=1S/C20H17BrN4O2/c21-16-5-6-18-14(11-16)7-9-24(18)10-8-22-19(26)13-25-20(27)17-4-2-1-3-15(17)12-23-25/h1-7,9,11-12H,8,10,13H2,(H,22,26). The zero-order valence-electron chi connectivity index (χ0n) is 14.4. The molecule has 0 saturated carbocycles. The molecule has 0 aliphatic heterocycles. The molecule has 0 bridgehead atoms. The Morgan fingerprint density at radius 3 is 2.85 bits per heavy atom. The summed E-state index contributed by atoms with van der Waals surface area (Å²) in [6.45, 7) is 1.03. The van der Waals surface area contributed by atoms with Crippen LogP contribution in [0.1, 0.15) is 0 Å². The van der Waals surface area contributed by atoms with Gasteiger partial charge in [0.15, 0.2) is 0 Å². The number of carbonyl (C=O) groups excluding carboxylic acids is 1. The average Bonchev–Trinajstić information content (AvgIpc) is 3.06. The molecule has 1 N–H and O–H groups in total. The van der Waals surface area contributed by atoms with Gasteiger partial charge < -0.3 is 9.88 Å². The van der Waals surface area contributed by atoms with Gasteiger partial charge in [-0.2, -0.15) is 5.10 Å². The van der Waals surface area contributed by atoms with Crippen molar-refractivity contribution >= 4 is 43.5 Å². The molecule has 0 atom stereocenters. The number of hydrogen-bond donors (Lipinski definition) is 1. The van der Waals surface area contributed by atoms with E-state index in [1.54, 1.807) is 18.3 Å². The summed E-state index contributed by atoms with van der Waals surface area (Å²) in [6.07, 6.45) is 3.60. The highest BCUT2D eigenvalue weighted by molar-refractivity contribution is 9.10. The van der Waals surface area contributed by atoms with Crippen LogP contribution in [0.25, 0.3) is 21.7 Å². The largest absolute Gasteiger partial charge is 0.353 e. The number of nitrogens with one attached hydrogen (secondary N) is 1. The Balaban J connectivity index is 1.40. The maximum atomic E-state index is 12.4. The molecule has 136 valence electrons. The highest BCUT2D eigenvalue weighted by Gasteiger charge is 2.08. The van der Waals surface area contributed by atoms with E-state index in [9.17, 15) is 9.59 Å². The third-order valence-electron chi connectivity index (χ3n) is 4.46. The summed E-state index contributed by atoms with van der Waals surface area (Å²) in [5.74, 6) is -0.237.